The lowest BCUT2D eigenvalue weighted by molar-refractivity contribution is 0.402. The van der Waals surface area contributed by atoms with Gasteiger partial charge in [0.05, 0.1) is 11.4 Å². The quantitative estimate of drug-likeness (QED) is 0.787. The van der Waals surface area contributed by atoms with E-state index in [1.165, 1.54) is 36.6 Å². The number of halogens is 1. The predicted octanol–water partition coefficient (Wildman–Crippen LogP) is 2.51. The smallest absolute Gasteiger partial charge is 0.244 e. The SMILES string of the molecule is COc1cc(N)ccc1S(=O)(=O)NCCc1ccc(Cl)s1. The van der Waals surface area contributed by atoms with Crippen molar-refractivity contribution in [3.63, 3.8) is 0 Å². The zero-order chi connectivity index (χ0) is 15.5. The van der Waals surface area contributed by atoms with Gasteiger partial charge in [-0.2, -0.15) is 0 Å². The molecule has 0 aliphatic rings. The minimum Gasteiger partial charge on any atom is -0.495 e. The van der Waals surface area contributed by atoms with E-state index in [0.29, 0.717) is 16.4 Å². The van der Waals surface area contributed by atoms with Crippen LogP contribution < -0.4 is 15.2 Å². The summed E-state index contributed by atoms with van der Waals surface area (Å²) in [5, 5.41) is 0. The maximum Gasteiger partial charge on any atom is 0.244 e. The molecule has 0 amide bonds. The molecule has 1 heterocycles. The minimum atomic E-state index is -3.64. The molecule has 0 radical (unpaired) electrons. The van der Waals surface area contributed by atoms with Gasteiger partial charge < -0.3 is 10.5 Å². The number of anilines is 1. The predicted molar refractivity (Wildman–Crippen MR) is 85.6 cm³/mol. The minimum absolute atomic E-state index is 0.0726. The topological polar surface area (TPSA) is 81.4 Å². The summed E-state index contributed by atoms with van der Waals surface area (Å²) < 4.78 is 32.8. The molecular weight excluding hydrogens is 332 g/mol. The monoisotopic (exact) mass is 346 g/mol. The van der Waals surface area contributed by atoms with Crippen LogP contribution in [0, 0.1) is 0 Å². The van der Waals surface area contributed by atoms with Gasteiger partial charge in [-0.05, 0) is 30.7 Å². The number of nitrogens with one attached hydrogen (secondary N) is 1. The summed E-state index contributed by atoms with van der Waals surface area (Å²) in [4.78, 5) is 1.09. The van der Waals surface area contributed by atoms with Crippen molar-refractivity contribution in [2.24, 2.45) is 0 Å². The Morgan fingerprint density at radius 2 is 2.10 bits per heavy atom. The van der Waals surface area contributed by atoms with E-state index < -0.39 is 10.0 Å². The molecule has 0 saturated carbocycles. The van der Waals surface area contributed by atoms with Gasteiger partial charge in [0, 0.05) is 23.2 Å². The van der Waals surface area contributed by atoms with Gasteiger partial charge in [-0.15, -0.1) is 11.3 Å². The Hall–Kier alpha value is -1.28. The fraction of sp³-hybridized carbons (Fsp3) is 0.231. The van der Waals surface area contributed by atoms with Gasteiger partial charge in [0.25, 0.3) is 0 Å². The van der Waals surface area contributed by atoms with Crippen LogP contribution in [0.5, 0.6) is 5.75 Å². The van der Waals surface area contributed by atoms with Crippen molar-refractivity contribution in [1.29, 1.82) is 0 Å². The van der Waals surface area contributed by atoms with E-state index in [4.69, 9.17) is 22.1 Å². The molecule has 0 bridgehead atoms. The highest BCUT2D eigenvalue weighted by Crippen LogP contribution is 2.26. The van der Waals surface area contributed by atoms with Crippen molar-refractivity contribution in [3.05, 3.63) is 39.5 Å². The molecule has 0 atom stereocenters. The highest BCUT2D eigenvalue weighted by Gasteiger charge is 2.19. The van der Waals surface area contributed by atoms with E-state index in [9.17, 15) is 8.42 Å². The first-order chi connectivity index (χ1) is 9.92. The Labute approximate surface area is 132 Å². The van der Waals surface area contributed by atoms with E-state index in [-0.39, 0.29) is 17.2 Å². The fourth-order valence-corrected chi connectivity index (χ4v) is 4.05. The summed E-state index contributed by atoms with van der Waals surface area (Å²) in [7, 11) is -2.24. The summed E-state index contributed by atoms with van der Waals surface area (Å²) in [6.45, 7) is 0.284. The van der Waals surface area contributed by atoms with Gasteiger partial charge in [-0.25, -0.2) is 13.1 Å². The summed E-state index contributed by atoms with van der Waals surface area (Å²) in [5.74, 6) is 0.224. The lowest BCUT2D eigenvalue weighted by Crippen LogP contribution is -2.26. The average molecular weight is 347 g/mol. The molecule has 0 spiro atoms. The highest BCUT2D eigenvalue weighted by atomic mass is 35.5. The maximum atomic E-state index is 12.3. The molecule has 0 fully saturated rings. The van der Waals surface area contributed by atoms with E-state index >= 15 is 0 Å². The van der Waals surface area contributed by atoms with Crippen LogP contribution in [0.2, 0.25) is 4.34 Å². The van der Waals surface area contributed by atoms with E-state index in [0.717, 1.165) is 4.88 Å². The van der Waals surface area contributed by atoms with Crippen LogP contribution in [0.4, 0.5) is 5.69 Å². The summed E-state index contributed by atoms with van der Waals surface area (Å²) >= 11 is 7.26. The number of benzene rings is 1. The third-order valence-corrected chi connectivity index (χ3v) is 5.56. The van der Waals surface area contributed by atoms with Crippen LogP contribution in [0.15, 0.2) is 35.2 Å². The lowest BCUT2D eigenvalue weighted by atomic mass is 10.3. The normalized spacial score (nSPS) is 11.5. The fourth-order valence-electron chi connectivity index (χ4n) is 1.78. The first-order valence-corrected chi connectivity index (χ1v) is 8.77. The van der Waals surface area contributed by atoms with Crippen molar-refractivity contribution >= 4 is 38.6 Å². The van der Waals surface area contributed by atoms with E-state index in [2.05, 4.69) is 4.72 Å². The summed E-state index contributed by atoms with van der Waals surface area (Å²) in [5.41, 5.74) is 6.06. The third kappa shape index (κ3) is 4.10. The number of nitrogen functional groups attached to an aromatic ring is 1. The zero-order valence-electron chi connectivity index (χ0n) is 11.3. The van der Waals surface area contributed by atoms with Gasteiger partial charge in [0.15, 0.2) is 0 Å². The summed E-state index contributed by atoms with van der Waals surface area (Å²) in [6.07, 6.45) is 0.577. The van der Waals surface area contributed by atoms with Crippen LogP contribution >= 0.6 is 22.9 Å². The molecule has 21 heavy (non-hydrogen) atoms. The number of methoxy groups -OCH3 is 1. The average Bonchev–Trinajstić information content (AvgIpc) is 2.83. The molecule has 5 nitrogen and oxygen atoms in total. The summed E-state index contributed by atoms with van der Waals surface area (Å²) in [6, 6.07) is 8.10. The van der Waals surface area contributed by atoms with Gasteiger partial charge in [0.2, 0.25) is 10.0 Å². The second-order valence-electron chi connectivity index (χ2n) is 4.26. The number of nitrogens with two attached hydrogens (primary N) is 1. The number of ether oxygens (including phenoxy) is 1. The first-order valence-electron chi connectivity index (χ1n) is 6.10. The van der Waals surface area contributed by atoms with E-state index in [1.807, 2.05) is 6.07 Å². The van der Waals surface area contributed by atoms with Gasteiger partial charge in [-0.3, -0.25) is 0 Å². The third-order valence-electron chi connectivity index (χ3n) is 2.77. The van der Waals surface area contributed by atoms with Crippen LogP contribution in [-0.2, 0) is 16.4 Å². The Bertz CT molecular complexity index is 729. The number of thiophene rings is 1. The van der Waals surface area contributed by atoms with Crippen LogP contribution in [0.3, 0.4) is 0 Å². The van der Waals surface area contributed by atoms with Gasteiger partial charge in [-0.1, -0.05) is 11.6 Å². The molecule has 1 aromatic carbocycles. The molecule has 8 heteroatoms. The van der Waals surface area contributed by atoms with Crippen LogP contribution in [-0.4, -0.2) is 22.1 Å². The Kier molecular flexibility index (Phi) is 5.10. The lowest BCUT2D eigenvalue weighted by Gasteiger charge is -2.11. The standard InChI is InChI=1S/C13H15ClN2O3S2/c1-19-11-8-9(15)2-4-12(11)21(17,18)16-7-6-10-3-5-13(14)20-10/h2-5,8,16H,6-7,15H2,1H3. The van der Waals surface area contributed by atoms with E-state index in [1.54, 1.807) is 6.07 Å². The van der Waals surface area contributed by atoms with Gasteiger partial charge in [0.1, 0.15) is 10.6 Å². The van der Waals surface area contributed by atoms with Crippen LogP contribution in [0.25, 0.3) is 0 Å². The molecule has 3 N–H and O–H groups in total. The number of sulfonamides is 1. The molecule has 2 aromatic rings. The molecule has 0 aliphatic carbocycles. The second-order valence-corrected chi connectivity index (χ2v) is 7.80. The van der Waals surface area contributed by atoms with Crippen LogP contribution in [0.1, 0.15) is 4.88 Å². The maximum absolute atomic E-state index is 12.3. The van der Waals surface area contributed by atoms with Crippen molar-refractivity contribution in [2.45, 2.75) is 11.3 Å². The Morgan fingerprint density at radius 1 is 1.33 bits per heavy atom. The number of hydrogen-bond acceptors (Lipinski definition) is 5. The number of rotatable bonds is 6. The largest absolute Gasteiger partial charge is 0.495 e. The number of hydrogen-bond donors (Lipinski definition) is 2. The Morgan fingerprint density at radius 3 is 2.71 bits per heavy atom. The zero-order valence-corrected chi connectivity index (χ0v) is 13.7. The van der Waals surface area contributed by atoms with Crippen molar-refractivity contribution in [3.8, 4) is 5.75 Å². The second kappa shape index (κ2) is 6.65. The van der Waals surface area contributed by atoms with Crippen molar-refractivity contribution < 1.29 is 13.2 Å². The Balaban J connectivity index is 2.08. The molecule has 0 aliphatic heterocycles. The molecule has 114 valence electrons. The van der Waals surface area contributed by atoms with Crippen molar-refractivity contribution in [2.75, 3.05) is 19.4 Å². The molecular formula is C13H15ClN2O3S2. The first kappa shape index (κ1) is 16.1. The van der Waals surface area contributed by atoms with Crippen molar-refractivity contribution in [1.82, 2.24) is 4.72 Å². The molecule has 2 rings (SSSR count). The van der Waals surface area contributed by atoms with Gasteiger partial charge >= 0.3 is 0 Å². The molecule has 0 saturated heterocycles. The molecule has 1 aromatic heterocycles. The highest BCUT2D eigenvalue weighted by molar-refractivity contribution is 7.89. The molecule has 0 unspecified atom stereocenters.